The Labute approximate surface area is 124 Å². The van der Waals surface area contributed by atoms with E-state index in [4.69, 9.17) is 9.47 Å². The Bertz CT molecular complexity index is 490. The summed E-state index contributed by atoms with van der Waals surface area (Å²) in [4.78, 5) is 35.0. The Morgan fingerprint density at radius 2 is 1.57 bits per heavy atom. The van der Waals surface area contributed by atoms with Crippen molar-refractivity contribution in [1.82, 2.24) is 0 Å². The van der Waals surface area contributed by atoms with Crippen LogP contribution in [-0.4, -0.2) is 49.3 Å². The first-order valence-electron chi connectivity index (χ1n) is 6.23. The molecule has 1 unspecified atom stereocenters. The van der Waals surface area contributed by atoms with Gasteiger partial charge in [0.2, 0.25) is 0 Å². The molecule has 0 bridgehead atoms. The Morgan fingerprint density at radius 3 is 1.95 bits per heavy atom. The fraction of sp³-hybridized carbons (Fsp3) is 0.400. The highest BCUT2D eigenvalue weighted by Crippen LogP contribution is 2.13. The molecule has 0 N–H and O–H groups in total. The van der Waals surface area contributed by atoms with Crippen LogP contribution in [0.25, 0.3) is 0 Å². The third-order valence-electron chi connectivity index (χ3n) is 2.76. The average Bonchev–Trinajstić information content (AvgIpc) is 2.40. The quantitative estimate of drug-likeness (QED) is 0.307. The Morgan fingerprint density at radius 1 is 1.10 bits per heavy atom. The number of rotatable bonds is 7. The number of amides is 1. The summed E-state index contributed by atoms with van der Waals surface area (Å²) in [5, 5.41) is 0. The van der Waals surface area contributed by atoms with E-state index in [0.717, 1.165) is 6.08 Å². The molecule has 0 saturated heterocycles. The molecule has 21 heavy (non-hydrogen) atoms. The van der Waals surface area contributed by atoms with Gasteiger partial charge in [0.15, 0.2) is 6.61 Å². The lowest BCUT2D eigenvalue weighted by molar-refractivity contribution is -0.861. The summed E-state index contributed by atoms with van der Waals surface area (Å²) in [6.07, 6.45) is 0.102. The molecule has 1 atom stereocenters. The van der Waals surface area contributed by atoms with Crippen molar-refractivity contribution in [2.45, 2.75) is 20.1 Å². The topological polar surface area (TPSA) is 69.7 Å². The molecule has 0 aromatic heterocycles. The van der Waals surface area contributed by atoms with Crippen molar-refractivity contribution < 1.29 is 28.3 Å². The Hall–Kier alpha value is -2.21. The van der Waals surface area contributed by atoms with Gasteiger partial charge in [0.25, 0.3) is 6.23 Å². The number of likely N-dealkylation sites (N-methyl/N-ethyl adjacent to an activating group) is 1. The van der Waals surface area contributed by atoms with Crippen LogP contribution in [0.15, 0.2) is 37.0 Å². The lowest BCUT2D eigenvalue weighted by Gasteiger charge is -2.33. The van der Waals surface area contributed by atoms with Crippen LogP contribution in [0.4, 0.5) is 0 Å². The third-order valence-corrected chi connectivity index (χ3v) is 2.76. The number of hydrogen-bond donors (Lipinski definition) is 0. The molecule has 6 nitrogen and oxygen atoms in total. The Kier molecular flexibility index (Phi) is 6.75. The van der Waals surface area contributed by atoms with Crippen LogP contribution in [0.1, 0.15) is 13.8 Å². The maximum absolute atomic E-state index is 11.9. The van der Waals surface area contributed by atoms with Crippen LogP contribution in [0.5, 0.6) is 0 Å². The van der Waals surface area contributed by atoms with Crippen LogP contribution in [0.3, 0.4) is 0 Å². The summed E-state index contributed by atoms with van der Waals surface area (Å²) in [6.45, 7) is 13.0. The van der Waals surface area contributed by atoms with Crippen molar-refractivity contribution >= 4 is 17.8 Å². The van der Waals surface area contributed by atoms with E-state index in [1.807, 2.05) is 0 Å². The highest BCUT2D eigenvalue weighted by atomic mass is 16.6. The second-order valence-electron chi connectivity index (χ2n) is 5.10. The maximum atomic E-state index is 11.9. The van der Waals surface area contributed by atoms with E-state index in [1.165, 1.54) is 27.9 Å². The number of carbonyl (C=O) groups is 3. The molecule has 0 aromatic rings. The Balaban J connectivity index is 5.18. The minimum atomic E-state index is -1.01. The van der Waals surface area contributed by atoms with Gasteiger partial charge in [-0.2, -0.15) is 0 Å². The van der Waals surface area contributed by atoms with Gasteiger partial charge >= 0.3 is 17.8 Å². The molecule has 0 heterocycles. The van der Waals surface area contributed by atoms with Crippen molar-refractivity contribution in [2.75, 3.05) is 20.7 Å². The number of hydrogen-bond acceptors (Lipinski definition) is 5. The van der Waals surface area contributed by atoms with Gasteiger partial charge in [0, 0.05) is 17.2 Å². The monoisotopic (exact) mass is 296 g/mol. The molecular formula is C15H22NO5+. The second-order valence-corrected chi connectivity index (χ2v) is 5.10. The van der Waals surface area contributed by atoms with Crippen LogP contribution in [0, 0.1) is 0 Å². The maximum Gasteiger partial charge on any atom is 0.340 e. The first-order chi connectivity index (χ1) is 9.53. The first kappa shape index (κ1) is 18.8. The highest BCUT2D eigenvalue weighted by Gasteiger charge is 2.38. The zero-order valence-corrected chi connectivity index (χ0v) is 13.0. The van der Waals surface area contributed by atoms with Gasteiger partial charge in [-0.15, -0.1) is 0 Å². The van der Waals surface area contributed by atoms with E-state index in [1.54, 1.807) is 0 Å². The van der Waals surface area contributed by atoms with E-state index < -0.39 is 18.2 Å². The van der Waals surface area contributed by atoms with Gasteiger partial charge < -0.3 is 9.47 Å². The van der Waals surface area contributed by atoms with E-state index in [9.17, 15) is 14.4 Å². The van der Waals surface area contributed by atoms with Gasteiger partial charge in [0.1, 0.15) is 0 Å². The zero-order valence-electron chi connectivity index (χ0n) is 13.0. The van der Waals surface area contributed by atoms with Crippen LogP contribution >= 0.6 is 0 Å². The first-order valence-corrected chi connectivity index (χ1v) is 6.23. The largest absolute Gasteiger partial charge is 0.452 e. The van der Waals surface area contributed by atoms with Gasteiger partial charge in [-0.05, 0) is 13.8 Å². The van der Waals surface area contributed by atoms with E-state index >= 15 is 0 Å². The van der Waals surface area contributed by atoms with Crippen LogP contribution < -0.4 is 0 Å². The molecule has 1 amide bonds. The van der Waals surface area contributed by atoms with Crippen LogP contribution in [-0.2, 0) is 23.9 Å². The van der Waals surface area contributed by atoms with E-state index in [0.29, 0.717) is 0 Å². The third kappa shape index (κ3) is 5.35. The number of quaternary nitrogens is 1. The normalized spacial score (nSPS) is 12.0. The fourth-order valence-electron chi connectivity index (χ4n) is 1.22. The van der Waals surface area contributed by atoms with Crippen molar-refractivity contribution in [3.05, 3.63) is 37.0 Å². The lowest BCUT2D eigenvalue weighted by atomic mass is 10.3. The average molecular weight is 296 g/mol. The molecule has 0 aliphatic heterocycles. The predicted molar refractivity (Wildman–Crippen MR) is 77.8 cm³/mol. The van der Waals surface area contributed by atoms with Crippen molar-refractivity contribution in [2.24, 2.45) is 0 Å². The minimum absolute atomic E-state index is 0.178. The summed E-state index contributed by atoms with van der Waals surface area (Å²) >= 11 is 0. The van der Waals surface area contributed by atoms with Gasteiger partial charge in [-0.1, -0.05) is 19.7 Å². The summed E-state index contributed by atoms with van der Waals surface area (Å²) in [6, 6.07) is 0. The second kappa shape index (κ2) is 7.54. The summed E-state index contributed by atoms with van der Waals surface area (Å²) in [5.74, 6) is -1.69. The van der Waals surface area contributed by atoms with E-state index in [-0.39, 0.29) is 28.1 Å². The molecule has 116 valence electrons. The number of nitrogens with zero attached hydrogens (tertiary/aromatic N) is 1. The smallest absolute Gasteiger partial charge is 0.340 e. The molecule has 0 spiro atoms. The molecule has 6 heteroatoms. The predicted octanol–water partition coefficient (Wildman–Crippen LogP) is 1.34. The SMILES string of the molecule is C=CC(=O)[N+](C)(C)C(COC(=O)C(=C)C)OC(=O)C(=C)C. The van der Waals surface area contributed by atoms with Crippen molar-refractivity contribution in [3.63, 3.8) is 0 Å². The zero-order chi connectivity index (χ0) is 16.8. The molecule has 0 aliphatic carbocycles. The molecule has 0 aromatic carbocycles. The molecule has 0 radical (unpaired) electrons. The van der Waals surface area contributed by atoms with Gasteiger partial charge in [-0.3, -0.25) is 0 Å². The molecule has 0 aliphatic rings. The fourth-order valence-corrected chi connectivity index (χ4v) is 1.22. The number of ether oxygens (including phenoxy) is 2. The van der Waals surface area contributed by atoms with Crippen molar-refractivity contribution in [1.29, 1.82) is 0 Å². The minimum Gasteiger partial charge on any atom is -0.452 e. The molecular weight excluding hydrogens is 274 g/mol. The number of carbonyl (C=O) groups excluding carboxylic acids is 3. The highest BCUT2D eigenvalue weighted by molar-refractivity contribution is 5.88. The molecule has 0 rings (SSSR count). The standard InChI is InChI=1S/C15H22NO5/c1-8-12(17)16(6,7)13(21-15(19)11(4)5)9-20-14(18)10(2)3/h8,13H,1-2,4,9H2,3,5-7H3/q+1. The van der Waals surface area contributed by atoms with Crippen LogP contribution in [0.2, 0.25) is 0 Å². The van der Waals surface area contributed by atoms with Crippen molar-refractivity contribution in [3.8, 4) is 0 Å². The summed E-state index contributed by atoms with van der Waals surface area (Å²) in [7, 11) is 3.05. The van der Waals surface area contributed by atoms with Gasteiger partial charge in [0.05, 0.1) is 14.1 Å². The van der Waals surface area contributed by atoms with Gasteiger partial charge in [-0.25, -0.2) is 18.9 Å². The molecule has 0 fully saturated rings. The lowest BCUT2D eigenvalue weighted by Crippen LogP contribution is -2.56. The number of esters is 2. The van der Waals surface area contributed by atoms with E-state index in [2.05, 4.69) is 19.7 Å². The molecule has 0 saturated carbocycles. The summed E-state index contributed by atoms with van der Waals surface area (Å²) < 4.78 is 9.81. The summed E-state index contributed by atoms with van der Waals surface area (Å²) in [5.41, 5.74) is 0.387.